The number of piperazine rings is 1. The van der Waals surface area contributed by atoms with E-state index in [0.29, 0.717) is 63.9 Å². The van der Waals surface area contributed by atoms with Gasteiger partial charge in [-0.1, -0.05) is 6.07 Å². The molecule has 3 aromatic rings. The van der Waals surface area contributed by atoms with Crippen molar-refractivity contribution in [2.24, 2.45) is 0 Å². The Bertz CT molecular complexity index is 1260. The lowest BCUT2D eigenvalue weighted by atomic mass is 10.3. The van der Waals surface area contributed by atoms with Gasteiger partial charge in [0.15, 0.2) is 0 Å². The van der Waals surface area contributed by atoms with E-state index in [4.69, 9.17) is 4.74 Å². The SMILES string of the molecule is O=c1cc(N2CCN(c3ccc(S(=O)(=O)N4CCOCC4)cn3)CC2)nc2ccccn12. The number of sulfonamides is 1. The molecule has 2 aliphatic heterocycles. The predicted molar refractivity (Wildman–Crippen MR) is 120 cm³/mol. The number of morpholine rings is 1. The molecule has 0 atom stereocenters. The second-order valence-electron chi connectivity index (χ2n) is 7.72. The van der Waals surface area contributed by atoms with Crippen molar-refractivity contribution in [2.75, 3.05) is 62.3 Å². The molecular formula is C21H24N6O4S. The molecule has 3 aromatic heterocycles. The van der Waals surface area contributed by atoms with Crippen molar-refractivity contribution < 1.29 is 13.2 Å². The number of pyridine rings is 2. The first kappa shape index (κ1) is 20.9. The molecule has 0 bridgehead atoms. The fourth-order valence-corrected chi connectivity index (χ4v) is 5.37. The van der Waals surface area contributed by atoms with Gasteiger partial charge in [-0.15, -0.1) is 0 Å². The zero-order valence-electron chi connectivity index (χ0n) is 17.5. The van der Waals surface area contributed by atoms with Gasteiger partial charge in [0.25, 0.3) is 5.56 Å². The quantitative estimate of drug-likeness (QED) is 0.558. The van der Waals surface area contributed by atoms with Crippen molar-refractivity contribution in [3.63, 3.8) is 0 Å². The van der Waals surface area contributed by atoms with Crippen LogP contribution in [0.15, 0.2) is 58.5 Å². The van der Waals surface area contributed by atoms with Gasteiger partial charge in [0, 0.05) is 57.7 Å². The first-order chi connectivity index (χ1) is 15.5. The smallest absolute Gasteiger partial charge is 0.259 e. The van der Waals surface area contributed by atoms with Crippen molar-refractivity contribution in [2.45, 2.75) is 4.90 Å². The molecule has 10 nitrogen and oxygen atoms in total. The Morgan fingerprint density at radius 2 is 1.59 bits per heavy atom. The van der Waals surface area contributed by atoms with Crippen molar-refractivity contribution in [1.29, 1.82) is 0 Å². The maximum Gasteiger partial charge on any atom is 0.259 e. The third-order valence-corrected chi connectivity index (χ3v) is 7.70. The molecule has 32 heavy (non-hydrogen) atoms. The molecule has 0 unspecified atom stereocenters. The number of hydrogen-bond acceptors (Lipinski definition) is 8. The first-order valence-corrected chi connectivity index (χ1v) is 12.0. The van der Waals surface area contributed by atoms with Crippen molar-refractivity contribution >= 4 is 27.3 Å². The average molecular weight is 457 g/mol. The number of rotatable bonds is 4. The third kappa shape index (κ3) is 3.94. The summed E-state index contributed by atoms with van der Waals surface area (Å²) in [4.78, 5) is 25.8. The Hall–Kier alpha value is -3.02. The maximum atomic E-state index is 12.8. The zero-order valence-corrected chi connectivity index (χ0v) is 18.3. The van der Waals surface area contributed by atoms with Crippen LogP contribution >= 0.6 is 0 Å². The van der Waals surface area contributed by atoms with Crippen LogP contribution < -0.4 is 15.4 Å². The maximum absolute atomic E-state index is 12.8. The Kier molecular flexibility index (Phi) is 5.53. The molecule has 168 valence electrons. The van der Waals surface area contributed by atoms with Gasteiger partial charge in [-0.25, -0.2) is 18.4 Å². The lowest BCUT2D eigenvalue weighted by molar-refractivity contribution is 0.0730. The number of ether oxygens (including phenoxy) is 1. The highest BCUT2D eigenvalue weighted by Crippen LogP contribution is 2.21. The van der Waals surface area contributed by atoms with Crippen LogP contribution in [0.25, 0.3) is 5.65 Å². The van der Waals surface area contributed by atoms with Gasteiger partial charge in [0.2, 0.25) is 10.0 Å². The zero-order chi connectivity index (χ0) is 22.1. The summed E-state index contributed by atoms with van der Waals surface area (Å²) in [6.45, 7) is 4.30. The molecule has 0 aromatic carbocycles. The van der Waals surface area contributed by atoms with Crippen LogP contribution in [-0.2, 0) is 14.8 Å². The van der Waals surface area contributed by atoms with E-state index in [1.54, 1.807) is 30.5 Å². The van der Waals surface area contributed by atoms with Gasteiger partial charge in [-0.2, -0.15) is 4.31 Å². The summed E-state index contributed by atoms with van der Waals surface area (Å²) < 4.78 is 33.7. The summed E-state index contributed by atoms with van der Waals surface area (Å²) in [7, 11) is -3.55. The number of aromatic nitrogens is 3. The minimum absolute atomic E-state index is 0.105. The van der Waals surface area contributed by atoms with Gasteiger partial charge in [0.1, 0.15) is 22.2 Å². The minimum atomic E-state index is -3.55. The van der Waals surface area contributed by atoms with Crippen LogP contribution in [0.1, 0.15) is 0 Å². The predicted octanol–water partition coefficient (Wildman–Crippen LogP) is 0.437. The normalized spacial score (nSPS) is 18.2. The van der Waals surface area contributed by atoms with Gasteiger partial charge < -0.3 is 14.5 Å². The first-order valence-electron chi connectivity index (χ1n) is 10.5. The summed E-state index contributed by atoms with van der Waals surface area (Å²) in [5, 5.41) is 0. The lowest BCUT2D eigenvalue weighted by Crippen LogP contribution is -2.47. The van der Waals surface area contributed by atoms with Gasteiger partial charge in [-0.3, -0.25) is 9.20 Å². The number of hydrogen-bond donors (Lipinski definition) is 0. The third-order valence-electron chi connectivity index (χ3n) is 5.81. The standard InChI is InChI=1S/C21H24N6O4S/c28-21-15-20(23-19-3-1-2-6-27(19)21)25-9-7-24(8-10-25)18-5-4-17(16-22-18)32(29,30)26-11-13-31-14-12-26/h1-6,15-16H,7-14H2. The minimum Gasteiger partial charge on any atom is -0.379 e. The lowest BCUT2D eigenvalue weighted by Gasteiger charge is -2.36. The highest BCUT2D eigenvalue weighted by Gasteiger charge is 2.27. The molecule has 0 aliphatic carbocycles. The molecule has 0 N–H and O–H groups in total. The van der Waals surface area contributed by atoms with Gasteiger partial charge >= 0.3 is 0 Å². The number of nitrogens with zero attached hydrogens (tertiary/aromatic N) is 6. The fourth-order valence-electron chi connectivity index (χ4n) is 4.02. The molecule has 0 amide bonds. The number of anilines is 2. The molecule has 2 aliphatic rings. The second-order valence-corrected chi connectivity index (χ2v) is 9.66. The summed E-state index contributed by atoms with van der Waals surface area (Å²) in [5.74, 6) is 1.40. The monoisotopic (exact) mass is 456 g/mol. The van der Waals surface area contributed by atoms with Crippen LogP contribution in [0.5, 0.6) is 0 Å². The van der Waals surface area contributed by atoms with E-state index in [1.807, 2.05) is 12.1 Å². The van der Waals surface area contributed by atoms with E-state index in [0.717, 1.165) is 5.82 Å². The fraction of sp³-hybridized carbons (Fsp3) is 0.381. The largest absolute Gasteiger partial charge is 0.379 e. The number of fused-ring (bicyclic) bond motifs is 1. The van der Waals surface area contributed by atoms with E-state index in [9.17, 15) is 13.2 Å². The Morgan fingerprint density at radius 3 is 2.28 bits per heavy atom. The Morgan fingerprint density at radius 1 is 0.875 bits per heavy atom. The highest BCUT2D eigenvalue weighted by atomic mass is 32.2. The van der Waals surface area contributed by atoms with E-state index < -0.39 is 10.0 Å². The highest BCUT2D eigenvalue weighted by molar-refractivity contribution is 7.89. The van der Waals surface area contributed by atoms with Gasteiger partial charge in [0.05, 0.1) is 13.2 Å². The molecule has 2 fully saturated rings. The summed E-state index contributed by atoms with van der Waals surface area (Å²) in [6.07, 6.45) is 3.14. The summed E-state index contributed by atoms with van der Waals surface area (Å²) >= 11 is 0. The summed E-state index contributed by atoms with van der Waals surface area (Å²) in [6, 6.07) is 10.4. The van der Waals surface area contributed by atoms with Crippen molar-refractivity contribution in [3.8, 4) is 0 Å². The topological polar surface area (TPSA) is 100 Å². The Labute approximate surface area is 185 Å². The molecule has 2 saturated heterocycles. The van der Waals surface area contributed by atoms with Crippen LogP contribution in [-0.4, -0.2) is 79.6 Å². The van der Waals surface area contributed by atoms with Crippen molar-refractivity contribution in [3.05, 3.63) is 59.1 Å². The van der Waals surface area contributed by atoms with Crippen LogP contribution in [0.3, 0.4) is 0 Å². The van der Waals surface area contributed by atoms with E-state index in [1.165, 1.54) is 14.9 Å². The van der Waals surface area contributed by atoms with E-state index in [2.05, 4.69) is 19.8 Å². The van der Waals surface area contributed by atoms with Crippen LogP contribution in [0, 0.1) is 0 Å². The molecular weight excluding hydrogens is 432 g/mol. The molecule has 5 heterocycles. The average Bonchev–Trinajstić information content (AvgIpc) is 2.85. The molecule has 0 saturated carbocycles. The molecule has 0 spiro atoms. The molecule has 0 radical (unpaired) electrons. The van der Waals surface area contributed by atoms with Crippen LogP contribution in [0.4, 0.5) is 11.6 Å². The van der Waals surface area contributed by atoms with E-state index in [-0.39, 0.29) is 10.5 Å². The Balaban J connectivity index is 1.27. The van der Waals surface area contributed by atoms with Gasteiger partial charge in [-0.05, 0) is 24.3 Å². The molecule has 5 rings (SSSR count). The second kappa shape index (κ2) is 8.49. The molecule has 11 heteroatoms. The summed E-state index contributed by atoms with van der Waals surface area (Å²) in [5.41, 5.74) is 0.517. The van der Waals surface area contributed by atoms with Crippen molar-refractivity contribution in [1.82, 2.24) is 18.7 Å². The van der Waals surface area contributed by atoms with E-state index >= 15 is 0 Å². The van der Waals surface area contributed by atoms with Crippen LogP contribution in [0.2, 0.25) is 0 Å².